The molecule has 5 aliphatic rings. The summed E-state index contributed by atoms with van der Waals surface area (Å²) in [6.45, 7) is 20.9. The van der Waals surface area contributed by atoms with Crippen LogP contribution in [0.3, 0.4) is 0 Å². The average Bonchev–Trinajstić information content (AvgIpc) is 3.18. The summed E-state index contributed by atoms with van der Waals surface area (Å²) in [6.07, 6.45) is 8.09. The molecule has 10 nitrogen and oxygen atoms in total. The van der Waals surface area contributed by atoms with Gasteiger partial charge in [0.1, 0.15) is 17.9 Å². The Balaban J connectivity index is 0.00000151. The molecule has 2 unspecified atom stereocenters. The average molecular weight is 613 g/mol. The molecule has 3 saturated heterocycles. The van der Waals surface area contributed by atoms with Crippen molar-refractivity contribution in [2.45, 2.75) is 104 Å². The minimum atomic E-state index is -0.452. The molecule has 5 aliphatic heterocycles. The molecule has 0 radical (unpaired) electrons. The van der Waals surface area contributed by atoms with Gasteiger partial charge in [-0.05, 0) is 85.5 Å². The number of dihydropyridines is 1. The van der Waals surface area contributed by atoms with E-state index in [9.17, 15) is 4.79 Å². The first-order valence-corrected chi connectivity index (χ1v) is 16.8. The third kappa shape index (κ3) is 7.28. The van der Waals surface area contributed by atoms with Crippen LogP contribution in [-0.4, -0.2) is 102 Å². The molecule has 6 rings (SSSR count). The summed E-state index contributed by atoms with van der Waals surface area (Å²) in [5, 5.41) is 7.31. The van der Waals surface area contributed by atoms with Crippen LogP contribution in [0.15, 0.2) is 29.6 Å². The Hall–Kier alpha value is -2.98. The van der Waals surface area contributed by atoms with Crippen molar-refractivity contribution in [1.29, 1.82) is 0 Å². The zero-order valence-electron chi connectivity index (χ0n) is 27.9. The van der Waals surface area contributed by atoms with Gasteiger partial charge in [0.25, 0.3) is 0 Å². The molecule has 0 spiro atoms. The molecular weight excluding hydrogens is 556 g/mol. The van der Waals surface area contributed by atoms with Crippen LogP contribution in [0.5, 0.6) is 5.75 Å². The van der Waals surface area contributed by atoms with Gasteiger partial charge in [-0.25, -0.2) is 4.79 Å². The predicted molar refractivity (Wildman–Crippen MR) is 176 cm³/mol. The molecule has 1 aromatic rings. The molecule has 0 aromatic carbocycles. The lowest BCUT2D eigenvalue weighted by molar-refractivity contribution is 0.0126. The zero-order valence-corrected chi connectivity index (χ0v) is 27.9. The van der Waals surface area contributed by atoms with E-state index in [-0.39, 0.29) is 19.8 Å². The highest BCUT2D eigenvalue weighted by molar-refractivity contribution is 5.68. The lowest BCUT2D eigenvalue weighted by Gasteiger charge is -2.41. The van der Waals surface area contributed by atoms with Gasteiger partial charge in [-0.3, -0.25) is 4.98 Å². The van der Waals surface area contributed by atoms with Crippen molar-refractivity contribution in [3.8, 4) is 5.75 Å². The number of morpholine rings is 1. The number of carbonyl (C=O) groups excluding carboxylic acids is 1. The highest BCUT2D eigenvalue weighted by Crippen LogP contribution is 2.40. The van der Waals surface area contributed by atoms with Gasteiger partial charge < -0.3 is 39.5 Å². The third-order valence-electron chi connectivity index (χ3n) is 9.24. The first-order chi connectivity index (χ1) is 21.2. The maximum absolute atomic E-state index is 12.5. The van der Waals surface area contributed by atoms with Crippen molar-refractivity contribution in [2.75, 3.05) is 57.8 Å². The van der Waals surface area contributed by atoms with Crippen LogP contribution < -0.4 is 15.4 Å². The number of rotatable bonds is 3. The van der Waals surface area contributed by atoms with E-state index in [1.54, 1.807) is 0 Å². The Kier molecular flexibility index (Phi) is 10.3. The van der Waals surface area contributed by atoms with E-state index >= 15 is 0 Å². The summed E-state index contributed by atoms with van der Waals surface area (Å²) in [6, 6.07) is 2.76. The maximum atomic E-state index is 12.5. The van der Waals surface area contributed by atoms with Gasteiger partial charge in [0.05, 0.1) is 24.6 Å². The fourth-order valence-corrected chi connectivity index (χ4v) is 7.06. The molecule has 6 heterocycles. The number of aromatic nitrogens is 1. The molecular formula is C34H56N6O4. The minimum absolute atomic E-state index is 0. The summed E-state index contributed by atoms with van der Waals surface area (Å²) in [5.41, 5.74) is 5.12. The molecule has 246 valence electrons. The van der Waals surface area contributed by atoms with Crippen molar-refractivity contribution >= 4 is 11.8 Å². The van der Waals surface area contributed by atoms with E-state index in [0.29, 0.717) is 12.0 Å². The number of nitrogens with zero attached hydrogens (tertiary/aromatic N) is 4. The normalized spacial score (nSPS) is 25.0. The predicted octanol–water partition coefficient (Wildman–Crippen LogP) is 5.46. The number of carbonyl (C=O) groups is 1. The van der Waals surface area contributed by atoms with E-state index in [2.05, 4.69) is 46.4 Å². The zero-order chi connectivity index (χ0) is 31.4. The number of fused-ring (bicyclic) bond motifs is 2. The second-order valence-electron chi connectivity index (χ2n) is 13.3. The topological polar surface area (TPSA) is 91.4 Å². The third-order valence-corrected chi connectivity index (χ3v) is 9.24. The van der Waals surface area contributed by atoms with Gasteiger partial charge in [0.2, 0.25) is 0 Å². The molecule has 0 aliphatic carbocycles. The van der Waals surface area contributed by atoms with Crippen molar-refractivity contribution in [1.82, 2.24) is 25.0 Å². The summed E-state index contributed by atoms with van der Waals surface area (Å²) >= 11 is 0. The number of amides is 1. The molecule has 2 atom stereocenters. The minimum Gasteiger partial charge on any atom is -0.482 e. The van der Waals surface area contributed by atoms with Gasteiger partial charge >= 0.3 is 6.09 Å². The number of hydrogen-bond donors (Lipinski definition) is 2. The van der Waals surface area contributed by atoms with Crippen molar-refractivity contribution in [2.24, 2.45) is 0 Å². The molecule has 1 aromatic heterocycles. The number of ether oxygens (including phenoxy) is 3. The lowest BCUT2D eigenvalue weighted by Crippen LogP contribution is -2.49. The number of hydrogen-bond acceptors (Lipinski definition) is 9. The van der Waals surface area contributed by atoms with Crippen molar-refractivity contribution < 1.29 is 20.4 Å². The highest BCUT2D eigenvalue weighted by atomic mass is 16.6. The van der Waals surface area contributed by atoms with Crippen LogP contribution in [0.4, 0.5) is 10.5 Å². The first kappa shape index (κ1) is 32.4. The Labute approximate surface area is 265 Å². The second kappa shape index (κ2) is 14.0. The summed E-state index contributed by atoms with van der Waals surface area (Å²) in [5.74, 6) is 1.28. The SMILES string of the molecule is CC.Cc1nc(C2CCN(C3CCN(C(=O)OC(C)(C)C)CC3)CC2)cc2c1OC(C)C1=C(N3CCOCC3)C=CNC1N2.[HH]. The van der Waals surface area contributed by atoms with Gasteiger partial charge in [0, 0.05) is 62.7 Å². The monoisotopic (exact) mass is 612 g/mol. The number of piperidine rings is 2. The Bertz CT molecular complexity index is 1210. The first-order valence-electron chi connectivity index (χ1n) is 16.8. The molecule has 10 heteroatoms. The summed E-state index contributed by atoms with van der Waals surface area (Å²) < 4.78 is 17.8. The van der Waals surface area contributed by atoms with E-state index < -0.39 is 5.60 Å². The lowest BCUT2D eigenvalue weighted by atomic mass is 9.90. The number of pyridine rings is 1. The van der Waals surface area contributed by atoms with Gasteiger partial charge in [-0.15, -0.1) is 0 Å². The number of anilines is 1. The standard InChI is InChI=1S/C32H48N6O4.C2H6.H2/c1-21-29-26(35-30-28(22(2)41-29)27(6-11-33-30)37-16-18-40-19-17-37)20-25(34-21)23-7-12-36(13-8-23)24-9-14-38(15-10-24)31(39)42-32(3,4)5;1-2;/h6,11,20,22-24,30,33,35H,7-10,12-19H2,1-5H3;1-2H3;1H. The van der Waals surface area contributed by atoms with Gasteiger partial charge in [0.15, 0.2) is 5.75 Å². The number of allylic oxidation sites excluding steroid dienone is 1. The number of nitrogens with one attached hydrogen (secondary N) is 2. The molecule has 1 amide bonds. The number of likely N-dealkylation sites (tertiary alicyclic amines) is 2. The van der Waals surface area contributed by atoms with E-state index in [0.717, 1.165) is 101 Å². The van der Waals surface area contributed by atoms with E-state index in [1.807, 2.05) is 45.7 Å². The highest BCUT2D eigenvalue weighted by Gasteiger charge is 2.35. The second-order valence-corrected chi connectivity index (χ2v) is 13.3. The molecule has 44 heavy (non-hydrogen) atoms. The Morgan fingerprint density at radius 1 is 1.05 bits per heavy atom. The fraction of sp³-hybridized carbons (Fsp3) is 0.706. The van der Waals surface area contributed by atoms with Gasteiger partial charge in [-0.2, -0.15) is 0 Å². The maximum Gasteiger partial charge on any atom is 0.410 e. The van der Waals surface area contributed by atoms with E-state index in [4.69, 9.17) is 19.2 Å². The molecule has 0 bridgehead atoms. The summed E-state index contributed by atoms with van der Waals surface area (Å²) in [4.78, 5) is 24.5. The van der Waals surface area contributed by atoms with Crippen LogP contribution in [0.2, 0.25) is 0 Å². The fourth-order valence-electron chi connectivity index (χ4n) is 7.06. The Morgan fingerprint density at radius 2 is 1.73 bits per heavy atom. The van der Waals surface area contributed by atoms with E-state index in [1.165, 1.54) is 11.3 Å². The number of aryl methyl sites for hydroxylation is 1. The van der Waals surface area contributed by atoms with Gasteiger partial charge in [-0.1, -0.05) is 13.8 Å². The molecule has 0 saturated carbocycles. The van der Waals surface area contributed by atoms with Crippen LogP contribution in [0, 0.1) is 6.92 Å². The molecule has 2 N–H and O–H groups in total. The summed E-state index contributed by atoms with van der Waals surface area (Å²) in [7, 11) is 0. The van der Waals surface area contributed by atoms with Crippen LogP contribution in [0.25, 0.3) is 0 Å². The van der Waals surface area contributed by atoms with Crippen LogP contribution >= 0.6 is 0 Å². The largest absolute Gasteiger partial charge is 0.482 e. The van der Waals surface area contributed by atoms with Crippen molar-refractivity contribution in [3.63, 3.8) is 0 Å². The smallest absolute Gasteiger partial charge is 0.410 e. The quantitative estimate of drug-likeness (QED) is 0.462. The van der Waals surface area contributed by atoms with Crippen LogP contribution in [-0.2, 0) is 9.47 Å². The molecule has 3 fully saturated rings. The van der Waals surface area contributed by atoms with Crippen molar-refractivity contribution in [3.05, 3.63) is 41.0 Å². The van der Waals surface area contributed by atoms with Crippen LogP contribution in [0.1, 0.15) is 86.0 Å². The Morgan fingerprint density at radius 3 is 2.39 bits per heavy atom.